The van der Waals surface area contributed by atoms with E-state index in [4.69, 9.17) is 10.1 Å². The predicted octanol–water partition coefficient (Wildman–Crippen LogP) is 3.56. The molecule has 0 aromatic heterocycles. The second-order valence-electron chi connectivity index (χ2n) is 9.06. The molecule has 0 aliphatic carbocycles. The van der Waals surface area contributed by atoms with Gasteiger partial charge in [0.05, 0.1) is 13.7 Å². The highest BCUT2D eigenvalue weighted by Gasteiger charge is 2.45. The number of nitrogens with zero attached hydrogens (tertiary/aromatic N) is 1. The normalized spacial score (nSPS) is 17.0. The number of benzene rings is 3. The van der Waals surface area contributed by atoms with Crippen molar-refractivity contribution in [2.75, 3.05) is 7.11 Å². The third-order valence-corrected chi connectivity index (χ3v) is 6.19. The van der Waals surface area contributed by atoms with Gasteiger partial charge in [-0.1, -0.05) is 66.7 Å². The molecule has 8 nitrogen and oxygen atoms in total. The Morgan fingerprint density at radius 2 is 1.53 bits per heavy atom. The summed E-state index contributed by atoms with van der Waals surface area (Å²) in [5.74, 6) is 0.680. The molecule has 3 aromatic rings. The van der Waals surface area contributed by atoms with Gasteiger partial charge < -0.3 is 20.7 Å². The molecule has 1 heterocycles. The van der Waals surface area contributed by atoms with Crippen molar-refractivity contribution in [3.63, 3.8) is 0 Å². The van der Waals surface area contributed by atoms with E-state index in [1.54, 1.807) is 7.11 Å². The summed E-state index contributed by atoms with van der Waals surface area (Å²) < 4.78 is 5.29. The number of ether oxygens (including phenoxy) is 1. The molecule has 36 heavy (non-hydrogen) atoms. The van der Waals surface area contributed by atoms with Gasteiger partial charge in [0.1, 0.15) is 11.3 Å². The van der Waals surface area contributed by atoms with Crippen molar-refractivity contribution in [3.8, 4) is 5.75 Å². The molecule has 3 aromatic carbocycles. The maximum Gasteiger partial charge on any atom is 0.315 e. The molecule has 1 atom stereocenters. The van der Waals surface area contributed by atoms with Gasteiger partial charge in [0.15, 0.2) is 5.96 Å². The molecule has 0 spiro atoms. The topological polar surface area (TPSA) is 107 Å². The molecular formula is C28H31N5O3. The first-order chi connectivity index (χ1) is 17.4. The SMILES string of the molecule is COc1cccc(CC2(C)NC(=N)N(Cc3ccc(CNC(=O)NCc4ccccc4)cc3)C2=O)c1. The van der Waals surface area contributed by atoms with E-state index in [0.717, 1.165) is 28.0 Å². The monoisotopic (exact) mass is 485 g/mol. The third-order valence-electron chi connectivity index (χ3n) is 6.19. The number of guanidine groups is 1. The molecule has 0 radical (unpaired) electrons. The largest absolute Gasteiger partial charge is 0.497 e. The molecule has 0 bridgehead atoms. The average Bonchev–Trinajstić information content (AvgIpc) is 3.10. The van der Waals surface area contributed by atoms with Gasteiger partial charge in [0.2, 0.25) is 0 Å². The van der Waals surface area contributed by atoms with Crippen LogP contribution in [0, 0.1) is 5.41 Å². The Hall–Kier alpha value is -4.33. The number of carbonyl (C=O) groups is 2. The van der Waals surface area contributed by atoms with Crippen molar-refractivity contribution in [2.24, 2.45) is 0 Å². The number of amides is 3. The van der Waals surface area contributed by atoms with E-state index in [1.807, 2.05) is 85.8 Å². The highest BCUT2D eigenvalue weighted by atomic mass is 16.5. The van der Waals surface area contributed by atoms with E-state index < -0.39 is 5.54 Å². The molecule has 4 rings (SSSR count). The van der Waals surface area contributed by atoms with Gasteiger partial charge in [0, 0.05) is 19.5 Å². The van der Waals surface area contributed by atoms with Crippen LogP contribution >= 0.6 is 0 Å². The first-order valence-electron chi connectivity index (χ1n) is 11.8. The summed E-state index contributed by atoms with van der Waals surface area (Å²) in [6.45, 7) is 2.97. The lowest BCUT2D eigenvalue weighted by molar-refractivity contribution is -0.130. The van der Waals surface area contributed by atoms with Crippen molar-refractivity contribution in [3.05, 3.63) is 101 Å². The number of rotatable bonds is 9. The average molecular weight is 486 g/mol. The van der Waals surface area contributed by atoms with Crippen LogP contribution in [0.3, 0.4) is 0 Å². The Balaban J connectivity index is 1.30. The van der Waals surface area contributed by atoms with E-state index in [0.29, 0.717) is 26.1 Å². The van der Waals surface area contributed by atoms with Gasteiger partial charge in [-0.15, -0.1) is 0 Å². The number of hydrogen-bond donors (Lipinski definition) is 4. The number of urea groups is 1. The van der Waals surface area contributed by atoms with Crippen LogP contribution in [-0.4, -0.2) is 35.4 Å². The highest BCUT2D eigenvalue weighted by molar-refractivity contribution is 6.07. The molecule has 1 unspecified atom stereocenters. The second kappa shape index (κ2) is 10.9. The minimum atomic E-state index is -0.902. The van der Waals surface area contributed by atoms with Crippen molar-refractivity contribution in [2.45, 2.75) is 38.5 Å². The zero-order valence-corrected chi connectivity index (χ0v) is 20.5. The van der Waals surface area contributed by atoms with Crippen LogP contribution in [0.25, 0.3) is 0 Å². The summed E-state index contributed by atoms with van der Waals surface area (Å²) in [6, 6.07) is 24.8. The second-order valence-corrected chi connectivity index (χ2v) is 9.06. The maximum absolute atomic E-state index is 13.2. The highest BCUT2D eigenvalue weighted by Crippen LogP contribution is 2.25. The van der Waals surface area contributed by atoms with E-state index >= 15 is 0 Å². The molecule has 1 aliphatic rings. The Labute approximate surface area is 211 Å². The molecular weight excluding hydrogens is 454 g/mol. The Morgan fingerprint density at radius 3 is 2.19 bits per heavy atom. The van der Waals surface area contributed by atoms with Crippen LogP contribution in [0.1, 0.15) is 29.2 Å². The molecule has 3 amide bonds. The first kappa shape index (κ1) is 24.8. The van der Waals surface area contributed by atoms with Crippen LogP contribution in [0.15, 0.2) is 78.9 Å². The summed E-state index contributed by atoms with van der Waals surface area (Å²) >= 11 is 0. The van der Waals surface area contributed by atoms with Gasteiger partial charge in [-0.05, 0) is 41.3 Å². The van der Waals surface area contributed by atoms with Crippen molar-refractivity contribution >= 4 is 17.9 Å². The summed E-state index contributed by atoms with van der Waals surface area (Å²) in [5, 5.41) is 17.1. The van der Waals surface area contributed by atoms with Gasteiger partial charge in [0.25, 0.3) is 5.91 Å². The van der Waals surface area contributed by atoms with Crippen LogP contribution in [-0.2, 0) is 30.8 Å². The maximum atomic E-state index is 13.2. The molecule has 1 saturated heterocycles. The number of hydrogen-bond acceptors (Lipinski definition) is 4. The fourth-order valence-corrected chi connectivity index (χ4v) is 4.21. The number of carbonyl (C=O) groups excluding carboxylic acids is 2. The van der Waals surface area contributed by atoms with E-state index in [-0.39, 0.29) is 17.9 Å². The van der Waals surface area contributed by atoms with Crippen molar-refractivity contribution < 1.29 is 14.3 Å². The minimum Gasteiger partial charge on any atom is -0.497 e. The number of methoxy groups -OCH3 is 1. The van der Waals surface area contributed by atoms with E-state index in [9.17, 15) is 9.59 Å². The van der Waals surface area contributed by atoms with E-state index in [2.05, 4.69) is 16.0 Å². The number of nitrogens with one attached hydrogen (secondary N) is 4. The van der Waals surface area contributed by atoms with Crippen LogP contribution in [0.5, 0.6) is 5.75 Å². The van der Waals surface area contributed by atoms with Crippen molar-refractivity contribution in [1.29, 1.82) is 5.41 Å². The summed E-state index contributed by atoms with van der Waals surface area (Å²) in [4.78, 5) is 26.8. The molecule has 1 aliphatic heterocycles. The van der Waals surface area contributed by atoms with Gasteiger partial charge in [-0.3, -0.25) is 15.1 Å². The van der Waals surface area contributed by atoms with Crippen molar-refractivity contribution in [1.82, 2.24) is 20.9 Å². The fourth-order valence-electron chi connectivity index (χ4n) is 4.21. The molecule has 8 heteroatoms. The predicted molar refractivity (Wildman–Crippen MR) is 138 cm³/mol. The smallest absolute Gasteiger partial charge is 0.315 e. The van der Waals surface area contributed by atoms with Gasteiger partial charge in [-0.25, -0.2) is 4.79 Å². The molecule has 0 saturated carbocycles. The molecule has 186 valence electrons. The van der Waals surface area contributed by atoms with Gasteiger partial charge >= 0.3 is 6.03 Å². The molecule has 4 N–H and O–H groups in total. The minimum absolute atomic E-state index is 0.0891. The third kappa shape index (κ3) is 6.02. The zero-order chi connectivity index (χ0) is 25.5. The molecule has 1 fully saturated rings. The lowest BCUT2D eigenvalue weighted by Gasteiger charge is -2.22. The van der Waals surface area contributed by atoms with Crippen LogP contribution in [0.4, 0.5) is 4.79 Å². The summed E-state index contributed by atoms with van der Waals surface area (Å²) in [7, 11) is 1.61. The zero-order valence-electron chi connectivity index (χ0n) is 20.5. The first-order valence-corrected chi connectivity index (χ1v) is 11.8. The Kier molecular flexibility index (Phi) is 7.53. The standard InChI is InChI=1S/C28H31N5O3/c1-28(16-23-9-6-10-24(15-23)36-2)25(34)33(26(29)32-28)19-22-13-11-21(12-14-22)18-31-27(35)30-17-20-7-4-3-5-8-20/h3-15H,16-19H2,1-2H3,(H2,29,32)(H2,30,31,35). The summed E-state index contributed by atoms with van der Waals surface area (Å²) in [5.41, 5.74) is 2.93. The lowest BCUT2D eigenvalue weighted by Crippen LogP contribution is -2.46. The lowest BCUT2D eigenvalue weighted by atomic mass is 9.92. The van der Waals surface area contributed by atoms with Gasteiger partial charge in [-0.2, -0.15) is 0 Å². The summed E-state index contributed by atoms with van der Waals surface area (Å²) in [6.07, 6.45) is 0.443. The van der Waals surface area contributed by atoms with Crippen LogP contribution in [0.2, 0.25) is 0 Å². The Morgan fingerprint density at radius 1 is 0.917 bits per heavy atom. The Bertz CT molecular complexity index is 1230. The van der Waals surface area contributed by atoms with E-state index in [1.165, 1.54) is 4.90 Å². The quantitative estimate of drug-likeness (QED) is 0.372. The fraction of sp³-hybridized carbons (Fsp3) is 0.250. The van der Waals surface area contributed by atoms with Crippen LogP contribution < -0.4 is 20.7 Å².